The normalized spacial score (nSPS) is 14.3. The van der Waals surface area contributed by atoms with Gasteiger partial charge in [-0.1, -0.05) is 43.8 Å². The van der Waals surface area contributed by atoms with Gasteiger partial charge < -0.3 is 14.2 Å². The second-order valence-electron chi connectivity index (χ2n) is 7.50. The van der Waals surface area contributed by atoms with Crippen LogP contribution in [0.4, 0.5) is 5.69 Å². The number of hydrogen-bond acceptors (Lipinski definition) is 9. The van der Waals surface area contributed by atoms with Crippen LogP contribution in [-0.2, 0) is 9.59 Å². The topological polar surface area (TPSA) is 104 Å². The molecule has 12 heteroatoms. The van der Waals surface area contributed by atoms with Crippen LogP contribution in [-0.4, -0.2) is 40.4 Å². The van der Waals surface area contributed by atoms with E-state index < -0.39 is 12.2 Å². The van der Waals surface area contributed by atoms with Crippen LogP contribution in [0.2, 0.25) is 0 Å². The molecule has 2 heterocycles. The Labute approximate surface area is 229 Å². The summed E-state index contributed by atoms with van der Waals surface area (Å²) in [6.45, 7) is 3.45. The lowest BCUT2D eigenvalue weighted by Crippen LogP contribution is -2.38. The number of ether oxygens (including phenoxy) is 3. The third kappa shape index (κ3) is 4.81. The number of hydrogen-bond donors (Lipinski definition) is 0. The number of fused-ring (bicyclic) bond motifs is 3. The van der Waals surface area contributed by atoms with Crippen LogP contribution in [0, 0.1) is 0 Å². The highest BCUT2D eigenvalue weighted by Crippen LogP contribution is 2.50. The highest BCUT2D eigenvalue weighted by Gasteiger charge is 2.39. The maximum Gasteiger partial charge on any atom is 0.311 e. The average Bonchev–Trinajstić information content (AvgIpc) is 3.04. The standard InChI is InChI=1S/C24H22Br2N4O5S/c1-5-16(31)30-14-10-8-7-9-12(14)20-22(27-24(36-4)29-28-20)35-23(30)18-19(26)13(25)11-15(33-3)21(18)34-17(32)6-2/h7-11,23H,5-6H2,1-4H3. The first-order valence-electron chi connectivity index (χ1n) is 11.0. The molecule has 3 aromatic rings. The van der Waals surface area contributed by atoms with Crippen LogP contribution in [0.1, 0.15) is 38.5 Å². The number of para-hydroxylation sites is 1. The molecule has 4 rings (SSSR count). The lowest BCUT2D eigenvalue weighted by Gasteiger charge is -2.32. The number of methoxy groups -OCH3 is 1. The molecule has 1 unspecified atom stereocenters. The number of thioether (sulfide) groups is 1. The maximum atomic E-state index is 13.5. The lowest BCUT2D eigenvalue weighted by atomic mass is 10.1. The Morgan fingerprint density at radius 3 is 2.58 bits per heavy atom. The number of halogens is 2. The molecule has 2 aromatic carbocycles. The predicted molar refractivity (Wildman–Crippen MR) is 143 cm³/mol. The van der Waals surface area contributed by atoms with E-state index in [0.29, 0.717) is 36.6 Å². The van der Waals surface area contributed by atoms with E-state index in [0.717, 1.165) is 0 Å². The van der Waals surface area contributed by atoms with Crippen molar-refractivity contribution in [2.24, 2.45) is 0 Å². The summed E-state index contributed by atoms with van der Waals surface area (Å²) >= 11 is 8.46. The summed E-state index contributed by atoms with van der Waals surface area (Å²) in [6, 6.07) is 8.97. The molecule has 1 aromatic heterocycles. The summed E-state index contributed by atoms with van der Waals surface area (Å²) in [6.07, 6.45) is 1.06. The molecule has 0 aliphatic carbocycles. The summed E-state index contributed by atoms with van der Waals surface area (Å²) < 4.78 is 18.9. The van der Waals surface area contributed by atoms with Gasteiger partial charge in [-0.3, -0.25) is 14.5 Å². The van der Waals surface area contributed by atoms with E-state index in [4.69, 9.17) is 14.2 Å². The number of nitrogens with zero attached hydrogens (tertiary/aromatic N) is 4. The molecule has 1 aliphatic rings. The fraction of sp³-hybridized carbons (Fsp3) is 0.292. The number of esters is 1. The predicted octanol–water partition coefficient (Wildman–Crippen LogP) is 5.94. The fourth-order valence-corrected chi connectivity index (χ4v) is 4.90. The second-order valence-corrected chi connectivity index (χ2v) is 9.92. The highest BCUT2D eigenvalue weighted by molar-refractivity contribution is 9.13. The van der Waals surface area contributed by atoms with Crippen LogP contribution >= 0.6 is 43.6 Å². The number of anilines is 1. The van der Waals surface area contributed by atoms with E-state index >= 15 is 0 Å². The summed E-state index contributed by atoms with van der Waals surface area (Å²) in [7, 11) is 1.47. The zero-order valence-electron chi connectivity index (χ0n) is 19.9. The van der Waals surface area contributed by atoms with Gasteiger partial charge >= 0.3 is 5.97 Å². The smallest absolute Gasteiger partial charge is 0.311 e. The van der Waals surface area contributed by atoms with E-state index in [1.54, 1.807) is 26.0 Å². The third-order valence-corrected chi connectivity index (χ3v) is 7.96. The first kappa shape index (κ1) is 26.4. The van der Waals surface area contributed by atoms with Crippen LogP contribution in [0.5, 0.6) is 17.4 Å². The number of carbonyl (C=O) groups is 2. The molecule has 0 radical (unpaired) electrons. The molecule has 1 aliphatic heterocycles. The van der Waals surface area contributed by atoms with Gasteiger partial charge in [-0.15, -0.1) is 10.2 Å². The van der Waals surface area contributed by atoms with Crippen LogP contribution < -0.4 is 19.1 Å². The van der Waals surface area contributed by atoms with Gasteiger partial charge in [0.25, 0.3) is 0 Å². The molecule has 0 saturated carbocycles. The van der Waals surface area contributed by atoms with Gasteiger partial charge in [0.05, 0.1) is 18.4 Å². The van der Waals surface area contributed by atoms with Gasteiger partial charge in [-0.2, -0.15) is 4.98 Å². The molecule has 0 saturated heterocycles. The lowest BCUT2D eigenvalue weighted by molar-refractivity contribution is -0.134. The number of rotatable bonds is 6. The van der Waals surface area contributed by atoms with Crippen molar-refractivity contribution >= 4 is 61.2 Å². The molecule has 1 atom stereocenters. The van der Waals surface area contributed by atoms with Crippen molar-refractivity contribution in [3.63, 3.8) is 0 Å². The van der Waals surface area contributed by atoms with Crippen LogP contribution in [0.15, 0.2) is 44.4 Å². The van der Waals surface area contributed by atoms with Crippen LogP contribution in [0.25, 0.3) is 11.3 Å². The minimum Gasteiger partial charge on any atom is -0.493 e. The van der Waals surface area contributed by atoms with Crippen molar-refractivity contribution in [3.05, 3.63) is 44.8 Å². The molecule has 36 heavy (non-hydrogen) atoms. The molecule has 0 spiro atoms. The maximum absolute atomic E-state index is 13.5. The molecule has 0 bridgehead atoms. The minimum absolute atomic E-state index is 0.131. The van der Waals surface area contributed by atoms with Crippen LogP contribution in [0.3, 0.4) is 0 Å². The Morgan fingerprint density at radius 2 is 1.92 bits per heavy atom. The zero-order chi connectivity index (χ0) is 26.0. The molecular weight excluding hydrogens is 616 g/mol. The minimum atomic E-state index is -1.09. The van der Waals surface area contributed by atoms with E-state index in [9.17, 15) is 9.59 Å². The summed E-state index contributed by atoms with van der Waals surface area (Å²) in [5, 5.41) is 8.95. The third-order valence-electron chi connectivity index (χ3n) is 5.41. The Bertz CT molecular complexity index is 1340. The second kappa shape index (κ2) is 11.1. The van der Waals surface area contributed by atoms with Crippen molar-refractivity contribution in [2.75, 3.05) is 18.3 Å². The molecule has 9 nitrogen and oxygen atoms in total. The number of aromatic nitrogens is 3. The molecule has 188 valence electrons. The van der Waals surface area contributed by atoms with Crippen molar-refractivity contribution in [2.45, 2.75) is 38.1 Å². The first-order chi connectivity index (χ1) is 17.3. The Balaban J connectivity index is 2.08. The van der Waals surface area contributed by atoms with Gasteiger partial charge in [0, 0.05) is 27.4 Å². The van der Waals surface area contributed by atoms with Crippen molar-refractivity contribution in [1.82, 2.24) is 15.2 Å². The number of carbonyl (C=O) groups excluding carboxylic acids is 2. The van der Waals surface area contributed by atoms with E-state index in [1.807, 2.05) is 24.5 Å². The average molecular weight is 638 g/mol. The quantitative estimate of drug-likeness (QED) is 0.184. The van der Waals surface area contributed by atoms with Crippen molar-refractivity contribution in [3.8, 4) is 28.6 Å². The van der Waals surface area contributed by atoms with Gasteiger partial charge in [-0.25, -0.2) is 0 Å². The van der Waals surface area contributed by atoms with E-state index in [1.165, 1.54) is 23.8 Å². The molecular formula is C24H22Br2N4O5S. The fourth-order valence-electron chi connectivity index (χ4n) is 3.70. The zero-order valence-corrected chi connectivity index (χ0v) is 23.9. The van der Waals surface area contributed by atoms with Gasteiger partial charge in [-0.05, 0) is 50.2 Å². The van der Waals surface area contributed by atoms with E-state index in [2.05, 4.69) is 47.0 Å². The highest BCUT2D eigenvalue weighted by atomic mass is 79.9. The van der Waals surface area contributed by atoms with Gasteiger partial charge in [0.2, 0.25) is 23.2 Å². The number of amides is 1. The van der Waals surface area contributed by atoms with E-state index in [-0.39, 0.29) is 36.1 Å². The largest absolute Gasteiger partial charge is 0.493 e. The summed E-state index contributed by atoms with van der Waals surface area (Å²) in [5.41, 5.74) is 1.95. The Kier molecular flexibility index (Phi) is 8.16. The summed E-state index contributed by atoms with van der Waals surface area (Å²) in [5.74, 6) is -0.0851. The molecule has 1 amide bonds. The van der Waals surface area contributed by atoms with Crippen molar-refractivity contribution < 1.29 is 23.8 Å². The summed E-state index contributed by atoms with van der Waals surface area (Å²) in [4.78, 5) is 32.0. The monoisotopic (exact) mass is 636 g/mol. The molecule has 0 N–H and O–H groups in total. The van der Waals surface area contributed by atoms with Crippen molar-refractivity contribution in [1.29, 1.82) is 0 Å². The first-order valence-corrected chi connectivity index (χ1v) is 13.8. The molecule has 0 fully saturated rings. The Morgan fingerprint density at radius 1 is 1.17 bits per heavy atom. The Hall–Kier alpha value is -2.70. The SMILES string of the molecule is CCC(=O)Oc1c(OC)cc(Br)c(Br)c1C1Oc2nc(SC)nnc2-c2ccccc2N1C(=O)CC. The van der Waals surface area contributed by atoms with Gasteiger partial charge in [0.15, 0.2) is 17.2 Å². The van der Waals surface area contributed by atoms with Gasteiger partial charge in [0.1, 0.15) is 0 Å². The number of benzene rings is 2.